The molecule has 17 heavy (non-hydrogen) atoms. The number of hydrogen-bond acceptors (Lipinski definition) is 0. The van der Waals surface area contributed by atoms with Crippen LogP contribution in [0.5, 0.6) is 0 Å². The molecule has 0 radical (unpaired) electrons. The molecule has 1 aromatic rings. The Labute approximate surface area is 107 Å². The molecular weight excluding hydrogens is 204 g/mol. The van der Waals surface area contributed by atoms with Gasteiger partial charge in [0.25, 0.3) is 0 Å². The van der Waals surface area contributed by atoms with Crippen molar-refractivity contribution in [3.63, 3.8) is 0 Å². The van der Waals surface area contributed by atoms with Gasteiger partial charge in [0.2, 0.25) is 0 Å². The van der Waals surface area contributed by atoms with Crippen LogP contribution in [0.3, 0.4) is 0 Å². The molecule has 0 nitrogen and oxygen atoms in total. The predicted octanol–water partition coefficient (Wildman–Crippen LogP) is 5.28. The van der Waals surface area contributed by atoms with Crippen molar-refractivity contribution < 1.29 is 0 Å². The van der Waals surface area contributed by atoms with Gasteiger partial charge in [-0.05, 0) is 29.7 Å². The SMILES string of the molecule is CC(C)CC(c1ccccc1)(C(C)C)C(C)C. The Morgan fingerprint density at radius 3 is 1.65 bits per heavy atom. The summed E-state index contributed by atoms with van der Waals surface area (Å²) in [5.74, 6) is 2.08. The molecule has 0 bridgehead atoms. The summed E-state index contributed by atoms with van der Waals surface area (Å²) in [6.45, 7) is 14.2. The minimum absolute atomic E-state index is 0.315. The second kappa shape index (κ2) is 5.71. The van der Waals surface area contributed by atoms with Crippen molar-refractivity contribution in [2.24, 2.45) is 17.8 Å². The first-order chi connectivity index (χ1) is 7.91. The molecule has 0 fully saturated rings. The van der Waals surface area contributed by atoms with Crippen LogP contribution in [-0.2, 0) is 5.41 Å². The quantitative estimate of drug-likeness (QED) is 0.647. The third-order valence-electron chi connectivity index (χ3n) is 4.12. The highest BCUT2D eigenvalue weighted by Gasteiger charge is 2.38. The molecule has 0 amide bonds. The van der Waals surface area contributed by atoms with Gasteiger partial charge in [0.05, 0.1) is 0 Å². The van der Waals surface area contributed by atoms with Crippen molar-refractivity contribution in [1.29, 1.82) is 0 Å². The molecule has 0 aliphatic carbocycles. The average Bonchev–Trinajstić information content (AvgIpc) is 2.25. The van der Waals surface area contributed by atoms with Gasteiger partial charge in [0.15, 0.2) is 0 Å². The normalized spacial score (nSPS) is 12.8. The zero-order chi connectivity index (χ0) is 13.1. The summed E-state index contributed by atoms with van der Waals surface area (Å²) in [6.07, 6.45) is 1.27. The van der Waals surface area contributed by atoms with Gasteiger partial charge < -0.3 is 0 Å². The van der Waals surface area contributed by atoms with Crippen molar-refractivity contribution in [2.45, 2.75) is 53.4 Å². The fraction of sp³-hybridized carbons (Fsp3) is 0.647. The molecule has 0 atom stereocenters. The largest absolute Gasteiger partial charge is 0.0627 e. The van der Waals surface area contributed by atoms with Gasteiger partial charge in [0, 0.05) is 5.41 Å². The van der Waals surface area contributed by atoms with Crippen LogP contribution < -0.4 is 0 Å². The lowest BCUT2D eigenvalue weighted by Crippen LogP contribution is -2.39. The third-order valence-corrected chi connectivity index (χ3v) is 4.12. The predicted molar refractivity (Wildman–Crippen MR) is 77.3 cm³/mol. The summed E-state index contributed by atoms with van der Waals surface area (Å²) >= 11 is 0. The highest BCUT2D eigenvalue weighted by molar-refractivity contribution is 5.27. The molecule has 0 spiro atoms. The Kier molecular flexibility index (Phi) is 4.80. The average molecular weight is 232 g/mol. The first-order valence-electron chi connectivity index (χ1n) is 6.96. The van der Waals surface area contributed by atoms with Gasteiger partial charge in [-0.15, -0.1) is 0 Å². The Morgan fingerprint density at radius 1 is 0.824 bits per heavy atom. The maximum atomic E-state index is 2.37. The minimum Gasteiger partial charge on any atom is -0.0627 e. The summed E-state index contributed by atoms with van der Waals surface area (Å²) < 4.78 is 0. The van der Waals surface area contributed by atoms with E-state index in [9.17, 15) is 0 Å². The van der Waals surface area contributed by atoms with E-state index in [2.05, 4.69) is 71.9 Å². The standard InChI is InChI=1S/C17H28/c1-13(2)12-17(14(3)4,15(5)6)16-10-8-7-9-11-16/h7-11,13-15H,12H2,1-6H3. The van der Waals surface area contributed by atoms with Gasteiger partial charge in [-0.3, -0.25) is 0 Å². The van der Waals surface area contributed by atoms with E-state index in [0.717, 1.165) is 5.92 Å². The summed E-state index contributed by atoms with van der Waals surface area (Å²) in [4.78, 5) is 0. The summed E-state index contributed by atoms with van der Waals surface area (Å²) in [6, 6.07) is 11.1. The highest BCUT2D eigenvalue weighted by atomic mass is 14.4. The molecule has 0 heterocycles. The van der Waals surface area contributed by atoms with Crippen LogP contribution in [0.15, 0.2) is 30.3 Å². The smallest absolute Gasteiger partial charge is 0.000138 e. The molecule has 0 heteroatoms. The maximum Gasteiger partial charge on any atom is 0.000138 e. The Morgan fingerprint density at radius 2 is 1.29 bits per heavy atom. The van der Waals surface area contributed by atoms with E-state index in [1.54, 1.807) is 0 Å². The van der Waals surface area contributed by atoms with E-state index in [1.807, 2.05) is 0 Å². The van der Waals surface area contributed by atoms with Crippen LogP contribution in [0.1, 0.15) is 53.5 Å². The zero-order valence-electron chi connectivity index (χ0n) is 12.3. The van der Waals surface area contributed by atoms with Crippen LogP contribution in [0, 0.1) is 17.8 Å². The molecule has 0 aliphatic heterocycles. The zero-order valence-corrected chi connectivity index (χ0v) is 12.3. The van der Waals surface area contributed by atoms with E-state index in [4.69, 9.17) is 0 Å². The molecule has 0 unspecified atom stereocenters. The lowest BCUT2D eigenvalue weighted by Gasteiger charge is -2.43. The van der Waals surface area contributed by atoms with Crippen molar-refractivity contribution >= 4 is 0 Å². The van der Waals surface area contributed by atoms with Crippen LogP contribution in [0.25, 0.3) is 0 Å². The molecule has 96 valence electrons. The molecule has 1 aromatic carbocycles. The van der Waals surface area contributed by atoms with Gasteiger partial charge in [-0.1, -0.05) is 71.9 Å². The van der Waals surface area contributed by atoms with E-state index in [1.165, 1.54) is 12.0 Å². The van der Waals surface area contributed by atoms with Crippen molar-refractivity contribution in [2.75, 3.05) is 0 Å². The fourth-order valence-electron chi connectivity index (χ4n) is 3.35. The fourth-order valence-corrected chi connectivity index (χ4v) is 3.35. The minimum atomic E-state index is 0.315. The van der Waals surface area contributed by atoms with Crippen LogP contribution in [0.4, 0.5) is 0 Å². The van der Waals surface area contributed by atoms with E-state index < -0.39 is 0 Å². The van der Waals surface area contributed by atoms with E-state index >= 15 is 0 Å². The van der Waals surface area contributed by atoms with E-state index in [-0.39, 0.29) is 0 Å². The molecule has 0 aliphatic rings. The maximum absolute atomic E-state index is 2.37. The molecule has 0 aromatic heterocycles. The van der Waals surface area contributed by atoms with Gasteiger partial charge in [0.1, 0.15) is 0 Å². The first-order valence-corrected chi connectivity index (χ1v) is 6.96. The monoisotopic (exact) mass is 232 g/mol. The van der Waals surface area contributed by atoms with Gasteiger partial charge in [-0.2, -0.15) is 0 Å². The lowest BCUT2D eigenvalue weighted by atomic mass is 9.61. The summed E-state index contributed by atoms with van der Waals surface area (Å²) in [5, 5.41) is 0. The third kappa shape index (κ3) is 2.91. The topological polar surface area (TPSA) is 0 Å². The second-order valence-electron chi connectivity index (χ2n) is 6.31. The van der Waals surface area contributed by atoms with Crippen LogP contribution in [0.2, 0.25) is 0 Å². The number of rotatable bonds is 5. The Hall–Kier alpha value is -0.780. The molecule has 0 N–H and O–H groups in total. The lowest BCUT2D eigenvalue weighted by molar-refractivity contribution is 0.178. The Balaban J connectivity index is 3.25. The summed E-state index contributed by atoms with van der Waals surface area (Å²) in [5.41, 5.74) is 1.83. The highest BCUT2D eigenvalue weighted by Crippen LogP contribution is 2.44. The first kappa shape index (κ1) is 14.3. The number of hydrogen-bond donors (Lipinski definition) is 0. The molecule has 1 rings (SSSR count). The van der Waals surface area contributed by atoms with Crippen molar-refractivity contribution in [1.82, 2.24) is 0 Å². The van der Waals surface area contributed by atoms with E-state index in [0.29, 0.717) is 17.3 Å². The van der Waals surface area contributed by atoms with Gasteiger partial charge >= 0.3 is 0 Å². The Bertz CT molecular complexity index is 311. The van der Waals surface area contributed by atoms with Crippen LogP contribution in [-0.4, -0.2) is 0 Å². The van der Waals surface area contributed by atoms with Crippen molar-refractivity contribution in [3.8, 4) is 0 Å². The second-order valence-corrected chi connectivity index (χ2v) is 6.31. The van der Waals surface area contributed by atoms with Crippen molar-refractivity contribution in [3.05, 3.63) is 35.9 Å². The summed E-state index contributed by atoms with van der Waals surface area (Å²) in [7, 11) is 0. The molecular formula is C17H28. The molecule has 0 saturated carbocycles. The molecule has 0 saturated heterocycles. The number of benzene rings is 1. The van der Waals surface area contributed by atoms with Gasteiger partial charge in [-0.25, -0.2) is 0 Å². The van der Waals surface area contributed by atoms with Crippen LogP contribution >= 0.6 is 0 Å².